The van der Waals surface area contributed by atoms with Crippen LogP contribution < -0.4 is 16.4 Å². The maximum Gasteiger partial charge on any atom is 0.171 e. The molecule has 0 heterocycles. The standard InChI is InChI=1S/C14H13Cl2N3S/c15-10-5-11(16)7-13(6-10)19-14(20)18-8-9-1-3-12(17)4-2-9/h1-7H,8,17H2,(H2,18,19,20). The molecule has 3 nitrogen and oxygen atoms in total. The van der Waals surface area contributed by atoms with E-state index in [0.717, 1.165) is 16.9 Å². The minimum Gasteiger partial charge on any atom is -0.399 e. The van der Waals surface area contributed by atoms with Gasteiger partial charge in [-0.05, 0) is 48.1 Å². The zero-order valence-corrected chi connectivity index (χ0v) is 12.8. The Balaban J connectivity index is 1.90. The van der Waals surface area contributed by atoms with Gasteiger partial charge in [-0.2, -0.15) is 0 Å². The van der Waals surface area contributed by atoms with Crippen LogP contribution in [-0.2, 0) is 6.54 Å². The van der Waals surface area contributed by atoms with Gasteiger partial charge < -0.3 is 16.4 Å². The molecule has 0 saturated heterocycles. The summed E-state index contributed by atoms with van der Waals surface area (Å²) in [5.41, 5.74) is 8.21. The molecule has 2 aromatic rings. The molecular weight excluding hydrogens is 313 g/mol. The summed E-state index contributed by atoms with van der Waals surface area (Å²) in [6.45, 7) is 0.612. The highest BCUT2D eigenvalue weighted by Gasteiger charge is 2.01. The smallest absolute Gasteiger partial charge is 0.171 e. The van der Waals surface area contributed by atoms with Crippen LogP contribution in [0.25, 0.3) is 0 Å². The van der Waals surface area contributed by atoms with Crippen molar-refractivity contribution in [3.8, 4) is 0 Å². The maximum atomic E-state index is 5.92. The fourth-order valence-corrected chi connectivity index (χ4v) is 2.34. The molecule has 2 aromatic carbocycles. The van der Waals surface area contributed by atoms with Crippen molar-refractivity contribution in [3.63, 3.8) is 0 Å². The summed E-state index contributed by atoms with van der Waals surface area (Å²) in [7, 11) is 0. The lowest BCUT2D eigenvalue weighted by molar-refractivity contribution is 0.926. The van der Waals surface area contributed by atoms with Crippen molar-refractivity contribution in [3.05, 3.63) is 58.1 Å². The third-order valence-electron chi connectivity index (χ3n) is 2.55. The van der Waals surface area contributed by atoms with Crippen molar-refractivity contribution in [2.75, 3.05) is 11.1 Å². The van der Waals surface area contributed by atoms with Crippen molar-refractivity contribution in [2.45, 2.75) is 6.54 Å². The summed E-state index contributed by atoms with van der Waals surface area (Å²) < 4.78 is 0. The second-order valence-corrected chi connectivity index (χ2v) is 5.49. The van der Waals surface area contributed by atoms with Crippen molar-refractivity contribution in [2.24, 2.45) is 0 Å². The van der Waals surface area contributed by atoms with Gasteiger partial charge in [0.05, 0.1) is 0 Å². The third kappa shape index (κ3) is 4.56. The average Bonchev–Trinajstić information content (AvgIpc) is 2.37. The van der Waals surface area contributed by atoms with Crippen LogP contribution in [0.2, 0.25) is 10.0 Å². The van der Waals surface area contributed by atoms with Crippen LogP contribution in [0.3, 0.4) is 0 Å². The molecule has 0 amide bonds. The van der Waals surface area contributed by atoms with Gasteiger partial charge in [0.15, 0.2) is 5.11 Å². The lowest BCUT2D eigenvalue weighted by Gasteiger charge is -2.11. The number of rotatable bonds is 3. The zero-order valence-electron chi connectivity index (χ0n) is 10.5. The van der Waals surface area contributed by atoms with E-state index in [-0.39, 0.29) is 0 Å². The average molecular weight is 326 g/mol. The van der Waals surface area contributed by atoms with E-state index in [0.29, 0.717) is 21.7 Å². The van der Waals surface area contributed by atoms with E-state index in [4.69, 9.17) is 41.2 Å². The Bertz CT molecular complexity index is 594. The topological polar surface area (TPSA) is 50.1 Å². The van der Waals surface area contributed by atoms with Gasteiger partial charge in [0, 0.05) is 28.0 Å². The molecule has 2 rings (SSSR count). The van der Waals surface area contributed by atoms with Gasteiger partial charge in [-0.15, -0.1) is 0 Å². The lowest BCUT2D eigenvalue weighted by atomic mass is 10.2. The summed E-state index contributed by atoms with van der Waals surface area (Å²) in [4.78, 5) is 0. The second-order valence-electron chi connectivity index (χ2n) is 4.21. The van der Waals surface area contributed by atoms with E-state index in [1.807, 2.05) is 24.3 Å². The molecule has 4 N–H and O–H groups in total. The largest absolute Gasteiger partial charge is 0.399 e. The molecule has 20 heavy (non-hydrogen) atoms. The first-order valence-electron chi connectivity index (χ1n) is 5.88. The monoisotopic (exact) mass is 325 g/mol. The summed E-state index contributed by atoms with van der Waals surface area (Å²) in [6.07, 6.45) is 0. The van der Waals surface area contributed by atoms with Crippen LogP contribution in [-0.4, -0.2) is 5.11 Å². The summed E-state index contributed by atoms with van der Waals surface area (Å²) >= 11 is 17.1. The molecule has 0 atom stereocenters. The molecule has 104 valence electrons. The number of thiocarbonyl (C=S) groups is 1. The minimum absolute atomic E-state index is 0.500. The molecule has 0 bridgehead atoms. The Morgan fingerprint density at radius 2 is 1.65 bits per heavy atom. The number of benzene rings is 2. The van der Waals surface area contributed by atoms with Crippen molar-refractivity contribution in [1.29, 1.82) is 0 Å². The van der Waals surface area contributed by atoms with Gasteiger partial charge in [-0.25, -0.2) is 0 Å². The predicted molar refractivity (Wildman–Crippen MR) is 90.4 cm³/mol. The molecule has 0 spiro atoms. The maximum absolute atomic E-state index is 5.92. The highest BCUT2D eigenvalue weighted by molar-refractivity contribution is 7.80. The van der Waals surface area contributed by atoms with Gasteiger partial charge in [0.1, 0.15) is 0 Å². The zero-order chi connectivity index (χ0) is 14.5. The molecule has 0 fully saturated rings. The summed E-state index contributed by atoms with van der Waals surface area (Å²) in [5.74, 6) is 0. The molecule has 0 aromatic heterocycles. The number of anilines is 2. The molecule has 6 heteroatoms. The quantitative estimate of drug-likeness (QED) is 0.588. The molecule has 0 saturated carbocycles. The van der Waals surface area contributed by atoms with Gasteiger partial charge in [-0.1, -0.05) is 35.3 Å². The van der Waals surface area contributed by atoms with Gasteiger partial charge in [-0.3, -0.25) is 0 Å². The Labute approximate surface area is 133 Å². The number of hydrogen-bond donors (Lipinski definition) is 3. The lowest BCUT2D eigenvalue weighted by Crippen LogP contribution is -2.27. The summed E-state index contributed by atoms with van der Waals surface area (Å²) in [5, 5.41) is 7.74. The Morgan fingerprint density at radius 3 is 2.25 bits per heavy atom. The first-order valence-corrected chi connectivity index (χ1v) is 7.05. The van der Waals surface area contributed by atoms with E-state index >= 15 is 0 Å². The van der Waals surface area contributed by atoms with Crippen LogP contribution in [0.4, 0.5) is 11.4 Å². The number of nitrogens with two attached hydrogens (primary N) is 1. The number of nitrogens with one attached hydrogen (secondary N) is 2. The highest BCUT2D eigenvalue weighted by Crippen LogP contribution is 2.22. The van der Waals surface area contributed by atoms with Crippen LogP contribution >= 0.6 is 35.4 Å². The normalized spacial score (nSPS) is 10.1. The molecule has 0 radical (unpaired) electrons. The van der Waals surface area contributed by atoms with Crippen LogP contribution in [0.1, 0.15) is 5.56 Å². The second kappa shape index (κ2) is 6.79. The highest BCUT2D eigenvalue weighted by atomic mass is 35.5. The number of hydrogen-bond acceptors (Lipinski definition) is 2. The first-order chi connectivity index (χ1) is 9.52. The minimum atomic E-state index is 0.500. The van der Waals surface area contributed by atoms with Gasteiger partial charge in [0.2, 0.25) is 0 Å². The van der Waals surface area contributed by atoms with E-state index in [1.165, 1.54) is 0 Å². The fourth-order valence-electron chi connectivity index (χ4n) is 1.62. The van der Waals surface area contributed by atoms with Crippen LogP contribution in [0, 0.1) is 0 Å². The predicted octanol–water partition coefficient (Wildman–Crippen LogP) is 4.06. The Kier molecular flexibility index (Phi) is 5.06. The van der Waals surface area contributed by atoms with E-state index in [1.54, 1.807) is 18.2 Å². The van der Waals surface area contributed by atoms with Gasteiger partial charge >= 0.3 is 0 Å². The van der Waals surface area contributed by atoms with E-state index in [2.05, 4.69) is 10.6 Å². The van der Waals surface area contributed by atoms with Crippen LogP contribution in [0.5, 0.6) is 0 Å². The molecule has 0 aliphatic rings. The van der Waals surface area contributed by atoms with Crippen molar-refractivity contribution in [1.82, 2.24) is 5.32 Å². The Hall–Kier alpha value is -1.49. The molecule has 0 aliphatic heterocycles. The molecular formula is C14H13Cl2N3S. The van der Waals surface area contributed by atoms with E-state index in [9.17, 15) is 0 Å². The van der Waals surface area contributed by atoms with Crippen molar-refractivity contribution < 1.29 is 0 Å². The Morgan fingerprint density at radius 1 is 1.05 bits per heavy atom. The summed E-state index contributed by atoms with van der Waals surface area (Å²) in [6, 6.07) is 12.8. The van der Waals surface area contributed by atoms with Crippen molar-refractivity contribution >= 4 is 51.9 Å². The number of nitrogen functional groups attached to an aromatic ring is 1. The third-order valence-corrected chi connectivity index (χ3v) is 3.24. The van der Waals surface area contributed by atoms with E-state index < -0.39 is 0 Å². The number of halogens is 2. The first kappa shape index (κ1) is 14.9. The van der Waals surface area contributed by atoms with Crippen LogP contribution in [0.15, 0.2) is 42.5 Å². The molecule has 0 unspecified atom stereocenters. The fraction of sp³-hybridized carbons (Fsp3) is 0.0714. The molecule has 0 aliphatic carbocycles. The SMILES string of the molecule is Nc1ccc(CNC(=S)Nc2cc(Cl)cc(Cl)c2)cc1. The van der Waals surface area contributed by atoms with Gasteiger partial charge in [0.25, 0.3) is 0 Å².